The van der Waals surface area contributed by atoms with Gasteiger partial charge in [0.25, 0.3) is 0 Å². The smallest absolute Gasteiger partial charge is 0.237 e. The number of nitriles is 1. The largest absolute Gasteiger partial charge is 0.361 e. The average molecular weight is 333 g/mol. The van der Waals surface area contributed by atoms with E-state index in [9.17, 15) is 10.1 Å². The van der Waals surface area contributed by atoms with Crippen molar-refractivity contribution in [2.24, 2.45) is 5.92 Å². The Balaban J connectivity index is 1.56. The van der Waals surface area contributed by atoms with Gasteiger partial charge in [-0.3, -0.25) is 4.79 Å². The minimum atomic E-state index is -0.0102. The van der Waals surface area contributed by atoms with Crippen LogP contribution in [0.3, 0.4) is 0 Å². The number of nitrogens with zero attached hydrogens (tertiary/aromatic N) is 3. The van der Waals surface area contributed by atoms with Crippen LogP contribution >= 0.6 is 11.5 Å². The Bertz CT molecular complexity index is 602. The molecule has 2 aliphatic rings. The van der Waals surface area contributed by atoms with Crippen LogP contribution < -0.4 is 15.5 Å². The molecule has 2 aliphatic heterocycles. The summed E-state index contributed by atoms with van der Waals surface area (Å²) in [7, 11) is 0. The summed E-state index contributed by atoms with van der Waals surface area (Å²) in [4.78, 5) is 14.4. The first kappa shape index (κ1) is 16.2. The lowest BCUT2D eigenvalue weighted by molar-refractivity contribution is -0.122. The maximum Gasteiger partial charge on any atom is 0.237 e. The molecule has 1 amide bonds. The molecule has 23 heavy (non-hydrogen) atoms. The van der Waals surface area contributed by atoms with Gasteiger partial charge in [-0.05, 0) is 56.6 Å². The topological polar surface area (TPSA) is 81.1 Å². The van der Waals surface area contributed by atoms with Crippen molar-refractivity contribution in [1.29, 1.82) is 5.26 Å². The van der Waals surface area contributed by atoms with E-state index in [1.54, 1.807) is 0 Å². The predicted octanol–water partition coefficient (Wildman–Crippen LogP) is 1.41. The zero-order valence-electron chi connectivity index (χ0n) is 13.5. The zero-order valence-corrected chi connectivity index (χ0v) is 14.3. The van der Waals surface area contributed by atoms with Gasteiger partial charge >= 0.3 is 0 Å². The standard InChI is InChI=1S/C16H23N5OS/c1-11-13(8-17)16(23-20-11)21-7-3-4-12(10-21)9-19-15(22)14-5-2-6-18-14/h12,14,18H,2-7,9-10H2,1H3,(H,19,22). The molecule has 2 N–H and O–H groups in total. The minimum Gasteiger partial charge on any atom is -0.361 e. The number of aromatic nitrogens is 1. The SMILES string of the molecule is Cc1nsc(N2CCCC(CNC(=O)C3CCCN3)C2)c1C#N. The number of hydrogen-bond donors (Lipinski definition) is 2. The summed E-state index contributed by atoms with van der Waals surface area (Å²) >= 11 is 1.41. The quantitative estimate of drug-likeness (QED) is 0.871. The molecule has 0 aromatic carbocycles. The third-order valence-electron chi connectivity index (χ3n) is 4.70. The molecule has 0 saturated carbocycles. The molecule has 0 bridgehead atoms. The third-order valence-corrected chi connectivity index (χ3v) is 5.70. The lowest BCUT2D eigenvalue weighted by atomic mass is 9.97. The van der Waals surface area contributed by atoms with Crippen LogP contribution in [0.4, 0.5) is 5.00 Å². The first-order valence-electron chi connectivity index (χ1n) is 8.31. The molecule has 3 heterocycles. The van der Waals surface area contributed by atoms with Gasteiger partial charge in [0, 0.05) is 19.6 Å². The van der Waals surface area contributed by atoms with E-state index in [0.29, 0.717) is 18.0 Å². The number of piperidine rings is 1. The molecule has 1 aromatic heterocycles. The van der Waals surface area contributed by atoms with Crippen molar-refractivity contribution in [1.82, 2.24) is 15.0 Å². The molecule has 7 heteroatoms. The second kappa shape index (κ2) is 7.28. The van der Waals surface area contributed by atoms with Crippen LogP contribution in [-0.2, 0) is 4.79 Å². The van der Waals surface area contributed by atoms with Crippen molar-refractivity contribution in [3.05, 3.63) is 11.3 Å². The molecule has 1 aromatic rings. The van der Waals surface area contributed by atoms with Crippen molar-refractivity contribution in [3.63, 3.8) is 0 Å². The van der Waals surface area contributed by atoms with Crippen molar-refractivity contribution in [3.8, 4) is 6.07 Å². The van der Waals surface area contributed by atoms with Gasteiger partial charge in [0.2, 0.25) is 5.91 Å². The number of carbonyl (C=O) groups excluding carboxylic acids is 1. The van der Waals surface area contributed by atoms with Crippen LogP contribution in [0, 0.1) is 24.2 Å². The number of amides is 1. The summed E-state index contributed by atoms with van der Waals surface area (Å²) in [6.45, 7) is 5.39. The fraction of sp³-hybridized carbons (Fsp3) is 0.688. The van der Waals surface area contributed by atoms with E-state index in [4.69, 9.17) is 0 Å². The number of hydrogen-bond acceptors (Lipinski definition) is 6. The van der Waals surface area contributed by atoms with E-state index >= 15 is 0 Å². The molecule has 0 aliphatic carbocycles. The van der Waals surface area contributed by atoms with Crippen molar-refractivity contribution >= 4 is 22.4 Å². The van der Waals surface area contributed by atoms with Crippen LogP contribution in [0.25, 0.3) is 0 Å². The highest BCUT2D eigenvalue weighted by molar-refractivity contribution is 7.10. The van der Waals surface area contributed by atoms with Crippen molar-refractivity contribution in [2.45, 2.75) is 38.6 Å². The van der Waals surface area contributed by atoms with Crippen molar-refractivity contribution < 1.29 is 4.79 Å². The van der Waals surface area contributed by atoms with E-state index in [1.807, 2.05) is 6.92 Å². The lowest BCUT2D eigenvalue weighted by Gasteiger charge is -2.33. The van der Waals surface area contributed by atoms with Gasteiger partial charge < -0.3 is 15.5 Å². The molecule has 0 spiro atoms. The molecular formula is C16H23N5OS. The van der Waals surface area contributed by atoms with E-state index in [1.165, 1.54) is 11.5 Å². The molecule has 0 radical (unpaired) electrons. The molecular weight excluding hydrogens is 310 g/mol. The molecule has 2 atom stereocenters. The molecule has 3 rings (SSSR count). The Morgan fingerprint density at radius 1 is 1.52 bits per heavy atom. The summed E-state index contributed by atoms with van der Waals surface area (Å²) in [6, 6.07) is 2.26. The van der Waals surface area contributed by atoms with Crippen LogP contribution in [0.5, 0.6) is 0 Å². The lowest BCUT2D eigenvalue weighted by Crippen LogP contribution is -2.45. The van der Waals surface area contributed by atoms with E-state index in [0.717, 1.165) is 56.0 Å². The van der Waals surface area contributed by atoms with Crippen LogP contribution in [-0.4, -0.2) is 42.5 Å². The summed E-state index contributed by atoms with van der Waals surface area (Å²) in [5, 5.41) is 16.6. The van der Waals surface area contributed by atoms with Gasteiger partial charge in [0.05, 0.1) is 11.7 Å². The Morgan fingerprint density at radius 2 is 2.39 bits per heavy atom. The fourth-order valence-corrected chi connectivity index (χ4v) is 4.28. The number of aryl methyl sites for hydroxylation is 1. The van der Waals surface area contributed by atoms with Gasteiger partial charge in [-0.25, -0.2) is 0 Å². The van der Waals surface area contributed by atoms with Gasteiger partial charge in [0.1, 0.15) is 16.6 Å². The maximum atomic E-state index is 12.1. The highest BCUT2D eigenvalue weighted by Crippen LogP contribution is 2.31. The van der Waals surface area contributed by atoms with Crippen molar-refractivity contribution in [2.75, 3.05) is 31.1 Å². The summed E-state index contributed by atoms with van der Waals surface area (Å²) in [5.74, 6) is 0.564. The Kier molecular flexibility index (Phi) is 5.13. The average Bonchev–Trinajstić information content (AvgIpc) is 3.22. The first-order chi connectivity index (χ1) is 11.2. The second-order valence-corrected chi connectivity index (χ2v) is 7.16. The molecule has 6 nitrogen and oxygen atoms in total. The summed E-state index contributed by atoms with van der Waals surface area (Å²) in [5.41, 5.74) is 1.52. The minimum absolute atomic E-state index is 0.0102. The van der Waals surface area contributed by atoms with Gasteiger partial charge in [-0.1, -0.05) is 0 Å². The Hall–Kier alpha value is -1.65. The molecule has 2 saturated heterocycles. The number of anilines is 1. The summed E-state index contributed by atoms with van der Waals surface area (Å²) in [6.07, 6.45) is 4.23. The zero-order chi connectivity index (χ0) is 16.2. The predicted molar refractivity (Wildman–Crippen MR) is 90.5 cm³/mol. The Morgan fingerprint density at radius 3 is 3.13 bits per heavy atom. The molecule has 2 fully saturated rings. The van der Waals surface area contributed by atoms with E-state index in [-0.39, 0.29) is 11.9 Å². The van der Waals surface area contributed by atoms with Gasteiger partial charge in [-0.15, -0.1) is 0 Å². The van der Waals surface area contributed by atoms with Crippen LogP contribution in [0.2, 0.25) is 0 Å². The second-order valence-electron chi connectivity index (χ2n) is 6.41. The van der Waals surface area contributed by atoms with Gasteiger partial charge in [-0.2, -0.15) is 9.64 Å². The van der Waals surface area contributed by atoms with Crippen LogP contribution in [0.15, 0.2) is 0 Å². The van der Waals surface area contributed by atoms with Crippen LogP contribution in [0.1, 0.15) is 36.9 Å². The number of rotatable bonds is 4. The molecule has 124 valence electrons. The highest BCUT2D eigenvalue weighted by Gasteiger charge is 2.26. The molecule has 2 unspecified atom stereocenters. The van der Waals surface area contributed by atoms with E-state index < -0.39 is 0 Å². The van der Waals surface area contributed by atoms with Gasteiger partial charge in [0.15, 0.2) is 0 Å². The van der Waals surface area contributed by atoms with E-state index in [2.05, 4.69) is 26.0 Å². The Labute approximate surface area is 141 Å². The normalized spacial score (nSPS) is 24.4. The number of carbonyl (C=O) groups is 1. The first-order valence-corrected chi connectivity index (χ1v) is 9.08. The fourth-order valence-electron chi connectivity index (χ4n) is 3.39. The monoisotopic (exact) mass is 333 g/mol. The summed E-state index contributed by atoms with van der Waals surface area (Å²) < 4.78 is 4.31. The highest BCUT2D eigenvalue weighted by atomic mass is 32.1. The maximum absolute atomic E-state index is 12.1. The number of nitrogens with one attached hydrogen (secondary N) is 2. The third kappa shape index (κ3) is 3.65.